The Balaban J connectivity index is 2.33. The van der Waals surface area contributed by atoms with E-state index in [0.717, 1.165) is 11.6 Å². The molecule has 0 fully saturated rings. The van der Waals surface area contributed by atoms with Crippen LogP contribution in [0.5, 0.6) is 0 Å². The first-order chi connectivity index (χ1) is 8.95. The lowest BCUT2D eigenvalue weighted by Crippen LogP contribution is -2.27. The third-order valence-corrected chi connectivity index (χ3v) is 3.07. The van der Waals surface area contributed by atoms with Gasteiger partial charge in [0.1, 0.15) is 5.69 Å². The Bertz CT molecular complexity index is 720. The smallest absolute Gasteiger partial charge is 0.320 e. The van der Waals surface area contributed by atoms with Gasteiger partial charge in [0.15, 0.2) is 0 Å². The van der Waals surface area contributed by atoms with Gasteiger partial charge in [-0.1, -0.05) is 6.07 Å². The molecule has 0 saturated heterocycles. The number of halogens is 1. The molecule has 0 bridgehead atoms. The van der Waals surface area contributed by atoms with Crippen molar-refractivity contribution < 1.29 is 4.79 Å². The van der Waals surface area contributed by atoms with Gasteiger partial charge in [-0.15, -0.1) is 0 Å². The number of amides is 1. The van der Waals surface area contributed by atoms with Crippen LogP contribution in [0, 0.1) is 6.92 Å². The van der Waals surface area contributed by atoms with Crippen molar-refractivity contribution in [2.24, 2.45) is 0 Å². The van der Waals surface area contributed by atoms with Crippen molar-refractivity contribution >= 4 is 27.5 Å². The maximum absolute atomic E-state index is 11.9. The molecule has 0 atom stereocenters. The Morgan fingerprint density at radius 1 is 1.21 bits per heavy atom. The minimum absolute atomic E-state index is 0.0952. The van der Waals surface area contributed by atoms with Crippen LogP contribution in [0.1, 0.15) is 16.1 Å². The highest BCUT2D eigenvalue weighted by atomic mass is 79.9. The average molecular weight is 324 g/mol. The van der Waals surface area contributed by atoms with Crippen LogP contribution < -0.4 is 16.6 Å². The molecule has 1 aromatic carbocycles. The van der Waals surface area contributed by atoms with E-state index in [1.165, 1.54) is 0 Å². The Morgan fingerprint density at radius 3 is 2.63 bits per heavy atom. The fraction of sp³-hybridized carbons (Fsp3) is 0.0833. The number of H-pyrrole nitrogens is 2. The molecular weight excluding hydrogens is 314 g/mol. The van der Waals surface area contributed by atoms with E-state index in [1.54, 1.807) is 12.1 Å². The number of benzene rings is 1. The van der Waals surface area contributed by atoms with Crippen molar-refractivity contribution in [3.8, 4) is 0 Å². The normalized spacial score (nSPS) is 10.2. The second kappa shape index (κ2) is 5.23. The van der Waals surface area contributed by atoms with E-state index in [1.807, 2.05) is 18.0 Å². The van der Waals surface area contributed by atoms with Crippen LogP contribution in [0.3, 0.4) is 0 Å². The van der Waals surface area contributed by atoms with Crippen LogP contribution in [-0.4, -0.2) is 15.9 Å². The van der Waals surface area contributed by atoms with E-state index < -0.39 is 17.2 Å². The highest BCUT2D eigenvalue weighted by molar-refractivity contribution is 9.10. The second-order valence-corrected chi connectivity index (χ2v) is 4.79. The number of carbonyl (C=O) groups is 1. The molecule has 1 heterocycles. The number of anilines is 1. The minimum Gasteiger partial charge on any atom is -0.320 e. The number of aromatic nitrogens is 2. The first-order valence-corrected chi connectivity index (χ1v) is 6.16. The summed E-state index contributed by atoms with van der Waals surface area (Å²) < 4.78 is 0.707. The fourth-order valence-electron chi connectivity index (χ4n) is 1.52. The van der Waals surface area contributed by atoms with Crippen molar-refractivity contribution in [1.29, 1.82) is 0 Å². The molecule has 1 aromatic heterocycles. The molecular formula is C12H10BrN3O3. The lowest BCUT2D eigenvalue weighted by atomic mass is 10.2. The summed E-state index contributed by atoms with van der Waals surface area (Å²) in [6.07, 6.45) is 0. The summed E-state index contributed by atoms with van der Waals surface area (Å²) in [5.74, 6) is -0.561. The summed E-state index contributed by atoms with van der Waals surface area (Å²) >= 11 is 3.31. The molecule has 98 valence electrons. The molecule has 0 spiro atoms. The predicted octanol–water partition coefficient (Wildman–Crippen LogP) is 1.39. The van der Waals surface area contributed by atoms with Gasteiger partial charge in [-0.05, 0) is 40.5 Å². The van der Waals surface area contributed by atoms with Crippen molar-refractivity contribution in [3.05, 3.63) is 60.8 Å². The van der Waals surface area contributed by atoms with Crippen molar-refractivity contribution in [3.63, 3.8) is 0 Å². The molecule has 0 aliphatic rings. The van der Waals surface area contributed by atoms with E-state index in [9.17, 15) is 14.4 Å². The summed E-state index contributed by atoms with van der Waals surface area (Å²) in [5, 5.41) is 2.61. The summed E-state index contributed by atoms with van der Waals surface area (Å²) in [6.45, 7) is 1.89. The molecule has 19 heavy (non-hydrogen) atoms. The van der Waals surface area contributed by atoms with Gasteiger partial charge in [-0.3, -0.25) is 14.6 Å². The van der Waals surface area contributed by atoms with Crippen LogP contribution in [0.2, 0.25) is 0 Å². The number of carbonyl (C=O) groups excluding carboxylic acids is 1. The van der Waals surface area contributed by atoms with Crippen molar-refractivity contribution in [1.82, 2.24) is 9.97 Å². The van der Waals surface area contributed by atoms with Gasteiger partial charge in [0.2, 0.25) is 0 Å². The zero-order chi connectivity index (χ0) is 14.0. The van der Waals surface area contributed by atoms with E-state index in [4.69, 9.17) is 0 Å². The monoisotopic (exact) mass is 323 g/mol. The van der Waals surface area contributed by atoms with Gasteiger partial charge in [-0.2, -0.15) is 0 Å². The van der Waals surface area contributed by atoms with Crippen LogP contribution in [-0.2, 0) is 0 Å². The molecule has 2 aromatic rings. The zero-order valence-electron chi connectivity index (χ0n) is 9.91. The summed E-state index contributed by atoms with van der Waals surface area (Å²) in [4.78, 5) is 38.4. The lowest BCUT2D eigenvalue weighted by Gasteiger charge is -2.07. The Kier molecular flexibility index (Phi) is 3.66. The van der Waals surface area contributed by atoms with E-state index in [0.29, 0.717) is 10.2 Å². The van der Waals surface area contributed by atoms with Crippen LogP contribution in [0.15, 0.2) is 38.3 Å². The molecule has 7 heteroatoms. The van der Waals surface area contributed by atoms with Gasteiger partial charge >= 0.3 is 5.69 Å². The third-order valence-electron chi connectivity index (χ3n) is 2.38. The van der Waals surface area contributed by atoms with Gasteiger partial charge < -0.3 is 10.3 Å². The molecule has 3 N–H and O–H groups in total. The maximum Gasteiger partial charge on any atom is 0.326 e. The van der Waals surface area contributed by atoms with Crippen LogP contribution >= 0.6 is 15.9 Å². The van der Waals surface area contributed by atoms with Crippen LogP contribution in [0.25, 0.3) is 0 Å². The first-order valence-electron chi connectivity index (χ1n) is 5.37. The summed E-state index contributed by atoms with van der Waals surface area (Å²) in [6, 6.07) is 6.48. The SMILES string of the molecule is Cc1ccc(Br)c(NC(=O)c2cc(=O)[nH]c(=O)[nH]2)c1. The molecule has 1 amide bonds. The Labute approximate surface area is 116 Å². The average Bonchev–Trinajstić information content (AvgIpc) is 2.32. The molecule has 0 saturated carbocycles. The zero-order valence-corrected chi connectivity index (χ0v) is 11.5. The van der Waals surface area contributed by atoms with E-state index in [-0.39, 0.29) is 5.69 Å². The Hall–Kier alpha value is -2.15. The molecule has 6 nitrogen and oxygen atoms in total. The quantitative estimate of drug-likeness (QED) is 0.779. The largest absolute Gasteiger partial charge is 0.326 e. The molecule has 0 radical (unpaired) electrons. The standard InChI is InChI=1S/C12H10BrN3O3/c1-6-2-3-7(13)8(4-6)14-11(18)9-5-10(17)16-12(19)15-9/h2-5H,1H3,(H,14,18)(H2,15,16,17,19). The maximum atomic E-state index is 11.9. The number of aromatic amines is 2. The van der Waals surface area contributed by atoms with Gasteiger partial charge in [0.05, 0.1) is 5.69 Å². The van der Waals surface area contributed by atoms with Gasteiger partial charge in [-0.25, -0.2) is 4.79 Å². The fourth-order valence-corrected chi connectivity index (χ4v) is 1.86. The number of rotatable bonds is 2. The molecule has 2 rings (SSSR count). The highest BCUT2D eigenvalue weighted by Gasteiger charge is 2.10. The number of nitrogens with one attached hydrogen (secondary N) is 3. The van der Waals surface area contributed by atoms with Crippen molar-refractivity contribution in [2.75, 3.05) is 5.32 Å². The van der Waals surface area contributed by atoms with Crippen LogP contribution in [0.4, 0.5) is 5.69 Å². The highest BCUT2D eigenvalue weighted by Crippen LogP contribution is 2.23. The van der Waals surface area contributed by atoms with E-state index >= 15 is 0 Å². The molecule has 0 aliphatic carbocycles. The number of hydrogen-bond acceptors (Lipinski definition) is 3. The molecule has 0 aliphatic heterocycles. The topological polar surface area (TPSA) is 94.8 Å². The summed E-state index contributed by atoms with van der Waals surface area (Å²) in [5.41, 5.74) is 0.0874. The Morgan fingerprint density at radius 2 is 1.95 bits per heavy atom. The predicted molar refractivity (Wildman–Crippen MR) is 74.5 cm³/mol. The van der Waals surface area contributed by atoms with Gasteiger partial charge in [0, 0.05) is 10.5 Å². The number of aryl methyl sites for hydroxylation is 1. The number of hydrogen-bond donors (Lipinski definition) is 3. The van der Waals surface area contributed by atoms with E-state index in [2.05, 4.69) is 26.2 Å². The molecule has 0 unspecified atom stereocenters. The lowest BCUT2D eigenvalue weighted by molar-refractivity contribution is 0.102. The van der Waals surface area contributed by atoms with Crippen molar-refractivity contribution in [2.45, 2.75) is 6.92 Å². The minimum atomic E-state index is -0.721. The first kappa shape index (κ1) is 13.3. The second-order valence-electron chi connectivity index (χ2n) is 3.94. The summed E-state index contributed by atoms with van der Waals surface area (Å²) in [7, 11) is 0. The third kappa shape index (κ3) is 3.19. The van der Waals surface area contributed by atoms with Gasteiger partial charge in [0.25, 0.3) is 11.5 Å².